The van der Waals surface area contributed by atoms with E-state index in [9.17, 15) is 22.4 Å². The average molecular weight is 262 g/mol. The first-order chi connectivity index (χ1) is 7.22. The number of ether oxygens (including phenoxy) is 2. The molecule has 0 aliphatic carbocycles. The third kappa shape index (κ3) is 3.47. The van der Waals surface area contributed by atoms with Gasteiger partial charge in [0.2, 0.25) is 5.41 Å². The van der Waals surface area contributed by atoms with Crippen molar-refractivity contribution in [2.24, 2.45) is 0 Å². The van der Waals surface area contributed by atoms with Crippen molar-refractivity contribution >= 4 is 15.4 Å². The molecule has 1 rings (SSSR count). The van der Waals surface area contributed by atoms with Crippen LogP contribution in [-0.4, -0.2) is 30.5 Å². The maximum absolute atomic E-state index is 13.0. The van der Waals surface area contributed by atoms with Crippen LogP contribution in [0.5, 0.6) is 0 Å². The summed E-state index contributed by atoms with van der Waals surface area (Å²) < 4.78 is 58.3. The van der Waals surface area contributed by atoms with Crippen molar-refractivity contribution in [2.75, 3.05) is 6.61 Å². The van der Waals surface area contributed by atoms with Gasteiger partial charge in [0, 0.05) is 0 Å². The number of rotatable bonds is 4. The SMILES string of the molecule is O=C1OCC(CCCC(F)(P)C(F)(F)F)O1. The highest BCUT2D eigenvalue weighted by Gasteiger charge is 2.51. The van der Waals surface area contributed by atoms with Crippen molar-refractivity contribution < 1.29 is 31.8 Å². The summed E-state index contributed by atoms with van der Waals surface area (Å²) in [6.45, 7) is 0.0149. The first-order valence-corrected chi connectivity index (χ1v) is 5.18. The van der Waals surface area contributed by atoms with Gasteiger partial charge in [-0.15, -0.1) is 0 Å². The Hall–Kier alpha value is -0.580. The molecule has 94 valence electrons. The molecule has 3 unspecified atom stereocenters. The van der Waals surface area contributed by atoms with Crippen molar-refractivity contribution in [1.82, 2.24) is 0 Å². The molecule has 0 saturated carbocycles. The number of cyclic esters (lactones) is 2. The molecule has 3 atom stereocenters. The molecular formula is C8H11F4O3P. The molecule has 0 amide bonds. The summed E-state index contributed by atoms with van der Waals surface area (Å²) in [7, 11) is 1.17. The van der Waals surface area contributed by atoms with Crippen LogP contribution in [0.2, 0.25) is 0 Å². The van der Waals surface area contributed by atoms with Crippen molar-refractivity contribution in [3.8, 4) is 0 Å². The lowest BCUT2D eigenvalue weighted by molar-refractivity contribution is -0.197. The Morgan fingerprint density at radius 1 is 1.38 bits per heavy atom. The lowest BCUT2D eigenvalue weighted by Gasteiger charge is -2.23. The van der Waals surface area contributed by atoms with Gasteiger partial charge in [-0.05, 0) is 19.3 Å². The van der Waals surface area contributed by atoms with E-state index in [0.717, 1.165) is 0 Å². The van der Waals surface area contributed by atoms with Crippen LogP contribution in [0.15, 0.2) is 0 Å². The van der Waals surface area contributed by atoms with Crippen molar-refractivity contribution in [3.05, 3.63) is 0 Å². The molecule has 16 heavy (non-hydrogen) atoms. The van der Waals surface area contributed by atoms with E-state index in [1.54, 1.807) is 0 Å². The van der Waals surface area contributed by atoms with Crippen LogP contribution in [0.25, 0.3) is 0 Å². The minimum Gasteiger partial charge on any atom is -0.430 e. The van der Waals surface area contributed by atoms with Crippen molar-refractivity contribution in [2.45, 2.75) is 37.0 Å². The van der Waals surface area contributed by atoms with Crippen LogP contribution in [-0.2, 0) is 9.47 Å². The number of hydrogen-bond donors (Lipinski definition) is 0. The zero-order valence-electron chi connectivity index (χ0n) is 8.22. The number of carbonyl (C=O) groups excluding carboxylic acids is 1. The Morgan fingerprint density at radius 3 is 2.44 bits per heavy atom. The maximum atomic E-state index is 13.0. The monoisotopic (exact) mass is 262 g/mol. The largest absolute Gasteiger partial charge is 0.508 e. The molecule has 1 aliphatic rings. The fourth-order valence-electron chi connectivity index (χ4n) is 1.24. The summed E-state index contributed by atoms with van der Waals surface area (Å²) in [5.74, 6) is 0. The van der Waals surface area contributed by atoms with E-state index in [2.05, 4.69) is 9.47 Å². The molecule has 0 radical (unpaired) electrons. The summed E-state index contributed by atoms with van der Waals surface area (Å²) in [6, 6.07) is 0. The first-order valence-electron chi connectivity index (χ1n) is 4.60. The van der Waals surface area contributed by atoms with Crippen LogP contribution >= 0.6 is 9.24 Å². The van der Waals surface area contributed by atoms with Crippen LogP contribution in [0.1, 0.15) is 19.3 Å². The highest BCUT2D eigenvalue weighted by Crippen LogP contribution is 2.43. The normalized spacial score (nSPS) is 24.8. The highest BCUT2D eigenvalue weighted by molar-refractivity contribution is 7.18. The third-order valence-electron chi connectivity index (χ3n) is 2.19. The Kier molecular flexibility index (Phi) is 3.99. The second-order valence-corrected chi connectivity index (χ2v) is 4.47. The van der Waals surface area contributed by atoms with Gasteiger partial charge in [0.05, 0.1) is 0 Å². The fourth-order valence-corrected chi connectivity index (χ4v) is 1.44. The molecule has 0 aromatic rings. The van der Waals surface area contributed by atoms with Crippen LogP contribution in [0, 0.1) is 0 Å². The van der Waals surface area contributed by atoms with Gasteiger partial charge >= 0.3 is 12.3 Å². The summed E-state index contributed by atoms with van der Waals surface area (Å²) >= 11 is 0. The topological polar surface area (TPSA) is 35.5 Å². The lowest BCUT2D eigenvalue weighted by atomic mass is 10.1. The summed E-state index contributed by atoms with van der Waals surface area (Å²) in [4.78, 5) is 10.5. The number of carbonyl (C=O) groups is 1. The molecule has 1 aliphatic heterocycles. The molecule has 0 bridgehead atoms. The molecule has 3 nitrogen and oxygen atoms in total. The van der Waals surface area contributed by atoms with E-state index in [0.29, 0.717) is 0 Å². The van der Waals surface area contributed by atoms with Gasteiger partial charge in [-0.3, -0.25) is 0 Å². The Balaban J connectivity index is 2.27. The van der Waals surface area contributed by atoms with E-state index in [1.165, 1.54) is 9.24 Å². The van der Waals surface area contributed by atoms with E-state index >= 15 is 0 Å². The molecule has 0 aromatic carbocycles. The summed E-state index contributed by atoms with van der Waals surface area (Å²) in [5.41, 5.74) is 0. The van der Waals surface area contributed by atoms with E-state index < -0.39 is 30.3 Å². The van der Waals surface area contributed by atoms with Crippen LogP contribution < -0.4 is 0 Å². The first kappa shape index (κ1) is 13.5. The standard InChI is InChI=1S/C8H11F4O3P/c9-7(16,8(10,11)12)3-1-2-5-4-14-6(13)15-5/h5H,1-4,16H2. The molecule has 0 aromatic heterocycles. The van der Waals surface area contributed by atoms with Gasteiger partial charge in [-0.25, -0.2) is 9.18 Å². The zero-order chi connectivity index (χ0) is 12.4. The van der Waals surface area contributed by atoms with Crippen LogP contribution in [0.3, 0.4) is 0 Å². The second kappa shape index (κ2) is 4.73. The van der Waals surface area contributed by atoms with Gasteiger partial charge in [0.1, 0.15) is 12.7 Å². The molecule has 0 spiro atoms. The quantitative estimate of drug-likeness (QED) is 0.444. The van der Waals surface area contributed by atoms with Gasteiger partial charge in [0.25, 0.3) is 0 Å². The summed E-state index contributed by atoms with van der Waals surface area (Å²) in [6.07, 6.45) is -6.88. The lowest BCUT2D eigenvalue weighted by Crippen LogP contribution is -2.34. The van der Waals surface area contributed by atoms with E-state index in [-0.39, 0.29) is 19.4 Å². The highest BCUT2D eigenvalue weighted by atomic mass is 31.0. The molecule has 1 fully saturated rings. The fraction of sp³-hybridized carbons (Fsp3) is 0.875. The molecule has 8 heteroatoms. The number of alkyl halides is 4. The van der Waals surface area contributed by atoms with Gasteiger partial charge in [-0.1, -0.05) is 9.24 Å². The molecular weight excluding hydrogens is 251 g/mol. The maximum Gasteiger partial charge on any atom is 0.508 e. The van der Waals surface area contributed by atoms with Crippen LogP contribution in [0.4, 0.5) is 22.4 Å². The predicted molar refractivity (Wildman–Crippen MR) is 49.7 cm³/mol. The average Bonchev–Trinajstić information content (AvgIpc) is 2.49. The zero-order valence-corrected chi connectivity index (χ0v) is 9.37. The van der Waals surface area contributed by atoms with Gasteiger partial charge in [0.15, 0.2) is 0 Å². The van der Waals surface area contributed by atoms with E-state index in [4.69, 9.17) is 0 Å². The smallest absolute Gasteiger partial charge is 0.430 e. The van der Waals surface area contributed by atoms with Gasteiger partial charge < -0.3 is 9.47 Å². The third-order valence-corrected chi connectivity index (χ3v) is 2.80. The molecule has 1 saturated heterocycles. The Labute approximate surface area is 91.7 Å². The Morgan fingerprint density at radius 2 is 2.00 bits per heavy atom. The number of hydrogen-bond acceptors (Lipinski definition) is 3. The minimum absolute atomic E-state index is 0.0149. The minimum atomic E-state index is -4.90. The molecule has 0 N–H and O–H groups in total. The molecule has 1 heterocycles. The number of halogens is 4. The van der Waals surface area contributed by atoms with E-state index in [1.807, 2.05) is 0 Å². The van der Waals surface area contributed by atoms with Crippen molar-refractivity contribution in [1.29, 1.82) is 0 Å². The second-order valence-electron chi connectivity index (χ2n) is 3.55. The predicted octanol–water partition coefficient (Wildman–Crippen LogP) is 2.80. The summed E-state index contributed by atoms with van der Waals surface area (Å²) in [5, 5.41) is -3.28. The van der Waals surface area contributed by atoms with Gasteiger partial charge in [-0.2, -0.15) is 13.2 Å². The Bertz CT molecular complexity index is 266. The van der Waals surface area contributed by atoms with Crippen molar-refractivity contribution in [3.63, 3.8) is 0 Å².